The van der Waals surface area contributed by atoms with Crippen LogP contribution in [0.3, 0.4) is 0 Å². The molecule has 0 atom stereocenters. The minimum Gasteiger partial charge on any atom is -0.494 e. The highest BCUT2D eigenvalue weighted by Gasteiger charge is 2.07. The molecule has 0 aliphatic rings. The Labute approximate surface area is 126 Å². The van der Waals surface area contributed by atoms with Gasteiger partial charge in [-0.15, -0.1) is 0 Å². The predicted octanol–water partition coefficient (Wildman–Crippen LogP) is 4.10. The van der Waals surface area contributed by atoms with Crippen molar-refractivity contribution in [3.63, 3.8) is 0 Å². The lowest BCUT2D eigenvalue weighted by molar-refractivity contribution is -0.116. The number of anilines is 1. The summed E-state index contributed by atoms with van der Waals surface area (Å²) in [5, 5.41) is 2.98. The average Bonchev–Trinajstić information content (AvgIpc) is 2.49. The van der Waals surface area contributed by atoms with E-state index in [9.17, 15) is 4.79 Å². The van der Waals surface area contributed by atoms with Crippen molar-refractivity contribution in [2.24, 2.45) is 0 Å². The number of para-hydroxylation sites is 2. The minimum atomic E-state index is 0.0315. The molecule has 0 saturated heterocycles. The zero-order chi connectivity index (χ0) is 15.1. The second-order valence-electron chi connectivity index (χ2n) is 5.08. The molecule has 3 nitrogen and oxygen atoms in total. The van der Waals surface area contributed by atoms with Gasteiger partial charge < -0.3 is 10.1 Å². The highest BCUT2D eigenvalue weighted by molar-refractivity contribution is 5.92. The quantitative estimate of drug-likeness (QED) is 0.810. The molecule has 0 radical (unpaired) electrons. The summed E-state index contributed by atoms with van der Waals surface area (Å²) < 4.78 is 5.57. The number of carbonyl (C=O) groups excluding carboxylic acids is 1. The molecule has 2 rings (SSSR count). The molecule has 0 aliphatic heterocycles. The van der Waals surface area contributed by atoms with Gasteiger partial charge in [-0.2, -0.15) is 0 Å². The fraction of sp³-hybridized carbons (Fsp3) is 0.278. The molecule has 0 heterocycles. The van der Waals surface area contributed by atoms with Crippen molar-refractivity contribution in [3.8, 4) is 5.75 Å². The van der Waals surface area contributed by atoms with Gasteiger partial charge in [0.05, 0.1) is 6.61 Å². The van der Waals surface area contributed by atoms with E-state index < -0.39 is 0 Å². The summed E-state index contributed by atoms with van der Waals surface area (Å²) >= 11 is 0. The number of hydrogen-bond acceptors (Lipinski definition) is 2. The molecule has 3 heteroatoms. The number of carbonyl (C=O) groups is 1. The minimum absolute atomic E-state index is 0.0315. The summed E-state index contributed by atoms with van der Waals surface area (Å²) in [5.74, 6) is 0.872. The van der Waals surface area contributed by atoms with Crippen molar-refractivity contribution in [1.82, 2.24) is 0 Å². The number of ether oxygens (including phenoxy) is 1. The smallest absolute Gasteiger partial charge is 0.224 e. The molecule has 0 unspecified atom stereocenters. The van der Waals surface area contributed by atoms with Crippen molar-refractivity contribution in [1.29, 1.82) is 0 Å². The van der Waals surface area contributed by atoms with Gasteiger partial charge in [0.1, 0.15) is 5.75 Å². The van der Waals surface area contributed by atoms with Crippen LogP contribution < -0.4 is 10.1 Å². The SMILES string of the molecule is Cc1cccc(C)c1NC(=O)CCCOc1ccccc1. The van der Waals surface area contributed by atoms with Gasteiger partial charge in [0.15, 0.2) is 0 Å². The molecule has 0 spiro atoms. The monoisotopic (exact) mass is 283 g/mol. The Morgan fingerprint density at radius 2 is 1.67 bits per heavy atom. The number of aryl methyl sites for hydroxylation is 2. The summed E-state index contributed by atoms with van der Waals surface area (Å²) in [6.45, 7) is 4.55. The van der Waals surface area contributed by atoms with Gasteiger partial charge in [-0.05, 0) is 43.5 Å². The first-order valence-corrected chi connectivity index (χ1v) is 7.21. The molecule has 0 aliphatic carbocycles. The lowest BCUT2D eigenvalue weighted by atomic mass is 10.1. The second-order valence-corrected chi connectivity index (χ2v) is 5.08. The second kappa shape index (κ2) is 7.48. The lowest BCUT2D eigenvalue weighted by Crippen LogP contribution is -2.14. The predicted molar refractivity (Wildman–Crippen MR) is 85.7 cm³/mol. The summed E-state index contributed by atoms with van der Waals surface area (Å²) in [5.41, 5.74) is 3.10. The maximum Gasteiger partial charge on any atom is 0.224 e. The number of benzene rings is 2. The van der Waals surface area contributed by atoms with Crippen LogP contribution in [-0.4, -0.2) is 12.5 Å². The zero-order valence-electron chi connectivity index (χ0n) is 12.6. The number of amides is 1. The highest BCUT2D eigenvalue weighted by atomic mass is 16.5. The highest BCUT2D eigenvalue weighted by Crippen LogP contribution is 2.19. The molecule has 0 saturated carbocycles. The van der Waals surface area contributed by atoms with Crippen molar-refractivity contribution in [3.05, 3.63) is 59.7 Å². The van der Waals surface area contributed by atoms with Gasteiger partial charge in [-0.1, -0.05) is 36.4 Å². The standard InChI is InChI=1S/C18H21NO2/c1-14-8-6-9-15(2)18(14)19-17(20)12-7-13-21-16-10-4-3-5-11-16/h3-6,8-11H,7,12-13H2,1-2H3,(H,19,20). The Morgan fingerprint density at radius 3 is 2.33 bits per heavy atom. The Kier molecular flexibility index (Phi) is 5.38. The number of hydrogen-bond donors (Lipinski definition) is 1. The van der Waals surface area contributed by atoms with Crippen molar-refractivity contribution >= 4 is 11.6 Å². The van der Waals surface area contributed by atoms with Gasteiger partial charge in [0, 0.05) is 12.1 Å². The van der Waals surface area contributed by atoms with Crippen LogP contribution >= 0.6 is 0 Å². The van der Waals surface area contributed by atoms with Gasteiger partial charge in [-0.3, -0.25) is 4.79 Å². The van der Waals surface area contributed by atoms with Crippen LogP contribution in [0.25, 0.3) is 0 Å². The van der Waals surface area contributed by atoms with E-state index in [0.29, 0.717) is 19.4 Å². The van der Waals surface area contributed by atoms with E-state index in [-0.39, 0.29) is 5.91 Å². The molecular formula is C18H21NO2. The van der Waals surface area contributed by atoms with E-state index in [0.717, 1.165) is 22.6 Å². The maximum atomic E-state index is 12.0. The molecule has 0 fully saturated rings. The summed E-state index contributed by atoms with van der Waals surface area (Å²) in [7, 11) is 0. The van der Waals surface area contributed by atoms with E-state index in [4.69, 9.17) is 4.74 Å². The van der Waals surface area contributed by atoms with Crippen LogP contribution in [0.5, 0.6) is 5.75 Å². The van der Waals surface area contributed by atoms with E-state index in [2.05, 4.69) is 5.32 Å². The molecule has 110 valence electrons. The van der Waals surface area contributed by atoms with Crippen molar-refractivity contribution in [2.45, 2.75) is 26.7 Å². The van der Waals surface area contributed by atoms with E-state index in [1.807, 2.05) is 62.4 Å². The van der Waals surface area contributed by atoms with Crippen LogP contribution in [0.1, 0.15) is 24.0 Å². The fourth-order valence-electron chi connectivity index (χ4n) is 2.15. The van der Waals surface area contributed by atoms with E-state index >= 15 is 0 Å². The molecular weight excluding hydrogens is 262 g/mol. The Morgan fingerprint density at radius 1 is 1.00 bits per heavy atom. The Balaban J connectivity index is 1.75. The Bertz CT molecular complexity index is 573. The maximum absolute atomic E-state index is 12.0. The van der Waals surface area contributed by atoms with Gasteiger partial charge in [0.25, 0.3) is 0 Å². The Hall–Kier alpha value is -2.29. The first kappa shape index (κ1) is 15.1. The molecule has 21 heavy (non-hydrogen) atoms. The van der Waals surface area contributed by atoms with E-state index in [1.54, 1.807) is 0 Å². The van der Waals surface area contributed by atoms with Crippen LogP contribution in [0.2, 0.25) is 0 Å². The molecule has 2 aromatic carbocycles. The van der Waals surface area contributed by atoms with Crippen LogP contribution in [0.15, 0.2) is 48.5 Å². The third-order valence-corrected chi connectivity index (χ3v) is 3.31. The largest absolute Gasteiger partial charge is 0.494 e. The molecule has 0 aromatic heterocycles. The van der Waals surface area contributed by atoms with Crippen LogP contribution in [0.4, 0.5) is 5.69 Å². The molecule has 2 aromatic rings. The normalized spacial score (nSPS) is 10.2. The molecule has 1 N–H and O–H groups in total. The summed E-state index contributed by atoms with van der Waals surface area (Å²) in [4.78, 5) is 12.0. The summed E-state index contributed by atoms with van der Waals surface area (Å²) in [6.07, 6.45) is 1.16. The third kappa shape index (κ3) is 4.63. The molecule has 0 bridgehead atoms. The summed E-state index contributed by atoms with van der Waals surface area (Å²) in [6, 6.07) is 15.6. The number of nitrogens with one attached hydrogen (secondary N) is 1. The first-order valence-electron chi connectivity index (χ1n) is 7.21. The van der Waals surface area contributed by atoms with Crippen molar-refractivity contribution in [2.75, 3.05) is 11.9 Å². The van der Waals surface area contributed by atoms with E-state index in [1.165, 1.54) is 0 Å². The van der Waals surface area contributed by atoms with Crippen LogP contribution in [0, 0.1) is 13.8 Å². The van der Waals surface area contributed by atoms with Crippen molar-refractivity contribution < 1.29 is 9.53 Å². The van der Waals surface area contributed by atoms with Crippen LogP contribution in [-0.2, 0) is 4.79 Å². The number of rotatable bonds is 6. The molecule has 1 amide bonds. The zero-order valence-corrected chi connectivity index (χ0v) is 12.6. The van der Waals surface area contributed by atoms with Gasteiger partial charge >= 0.3 is 0 Å². The third-order valence-electron chi connectivity index (χ3n) is 3.31. The lowest BCUT2D eigenvalue weighted by Gasteiger charge is -2.11. The first-order chi connectivity index (χ1) is 10.2. The topological polar surface area (TPSA) is 38.3 Å². The fourth-order valence-corrected chi connectivity index (χ4v) is 2.15. The average molecular weight is 283 g/mol. The van der Waals surface area contributed by atoms with Gasteiger partial charge in [-0.25, -0.2) is 0 Å². The van der Waals surface area contributed by atoms with Gasteiger partial charge in [0.2, 0.25) is 5.91 Å².